The Hall–Kier alpha value is -1.32. The van der Waals surface area contributed by atoms with Crippen LogP contribution in [0.25, 0.3) is 0 Å². The van der Waals surface area contributed by atoms with Crippen molar-refractivity contribution >= 4 is 11.6 Å². The summed E-state index contributed by atoms with van der Waals surface area (Å²) in [6.45, 7) is 9.94. The van der Waals surface area contributed by atoms with Crippen LogP contribution in [0.4, 0.5) is 11.6 Å². The van der Waals surface area contributed by atoms with Gasteiger partial charge in [-0.25, -0.2) is 9.97 Å². The van der Waals surface area contributed by atoms with Gasteiger partial charge in [-0.2, -0.15) is 0 Å². The molecule has 1 N–H and O–H groups in total. The average Bonchev–Trinajstić information content (AvgIpc) is 2.84. The van der Waals surface area contributed by atoms with E-state index in [4.69, 9.17) is 0 Å². The minimum absolute atomic E-state index is 0.775. The maximum atomic E-state index is 4.56. The predicted octanol–water partition coefficient (Wildman–Crippen LogP) is 3.10. The predicted molar refractivity (Wildman–Crippen MR) is 80.8 cm³/mol. The average molecular weight is 262 g/mol. The molecule has 1 fully saturated rings. The van der Waals surface area contributed by atoms with Crippen LogP contribution in [0.1, 0.15) is 45.6 Å². The van der Waals surface area contributed by atoms with E-state index < -0.39 is 0 Å². The zero-order valence-electron chi connectivity index (χ0n) is 12.4. The van der Waals surface area contributed by atoms with Gasteiger partial charge in [0.15, 0.2) is 0 Å². The maximum absolute atomic E-state index is 4.56. The van der Waals surface area contributed by atoms with Gasteiger partial charge in [0.2, 0.25) is 0 Å². The van der Waals surface area contributed by atoms with E-state index in [1.807, 2.05) is 0 Å². The molecular weight excluding hydrogens is 236 g/mol. The summed E-state index contributed by atoms with van der Waals surface area (Å²) in [7, 11) is 0. The van der Waals surface area contributed by atoms with E-state index in [9.17, 15) is 0 Å². The Labute approximate surface area is 116 Å². The van der Waals surface area contributed by atoms with E-state index in [2.05, 4.69) is 41.0 Å². The summed E-state index contributed by atoms with van der Waals surface area (Å²) in [4.78, 5) is 11.4. The van der Waals surface area contributed by atoms with Crippen molar-refractivity contribution in [3.63, 3.8) is 0 Å². The van der Waals surface area contributed by atoms with Crippen LogP contribution in [-0.2, 0) is 6.42 Å². The van der Waals surface area contributed by atoms with Gasteiger partial charge in [-0.3, -0.25) is 0 Å². The van der Waals surface area contributed by atoms with Crippen molar-refractivity contribution in [1.82, 2.24) is 9.97 Å². The molecule has 0 bridgehead atoms. The SMILES string of the molecule is CCCNc1ncnc(N2CCC(C)C2)c1CCC. The van der Waals surface area contributed by atoms with Gasteiger partial charge in [0.1, 0.15) is 18.0 Å². The number of hydrogen-bond donors (Lipinski definition) is 1. The topological polar surface area (TPSA) is 41.1 Å². The zero-order valence-corrected chi connectivity index (χ0v) is 12.4. The lowest BCUT2D eigenvalue weighted by Crippen LogP contribution is -2.23. The van der Waals surface area contributed by atoms with Gasteiger partial charge in [-0.15, -0.1) is 0 Å². The first-order valence-corrected chi connectivity index (χ1v) is 7.58. The number of hydrogen-bond acceptors (Lipinski definition) is 4. The Morgan fingerprint density at radius 3 is 2.79 bits per heavy atom. The molecule has 106 valence electrons. The third kappa shape index (κ3) is 3.37. The third-order valence-corrected chi connectivity index (χ3v) is 3.69. The Morgan fingerprint density at radius 1 is 1.32 bits per heavy atom. The molecule has 2 rings (SSSR count). The highest BCUT2D eigenvalue weighted by Gasteiger charge is 2.23. The van der Waals surface area contributed by atoms with Crippen LogP contribution >= 0.6 is 0 Å². The number of rotatable bonds is 6. The van der Waals surface area contributed by atoms with E-state index in [1.54, 1.807) is 6.33 Å². The van der Waals surface area contributed by atoms with Gasteiger partial charge in [0.05, 0.1) is 0 Å². The summed E-state index contributed by atoms with van der Waals surface area (Å²) in [6, 6.07) is 0. The first kappa shape index (κ1) is 14.1. The molecule has 0 amide bonds. The first-order valence-electron chi connectivity index (χ1n) is 7.58. The van der Waals surface area contributed by atoms with E-state index in [-0.39, 0.29) is 0 Å². The fourth-order valence-electron chi connectivity index (χ4n) is 2.68. The van der Waals surface area contributed by atoms with Gasteiger partial charge in [0, 0.05) is 25.2 Å². The monoisotopic (exact) mass is 262 g/mol. The molecule has 0 spiro atoms. The quantitative estimate of drug-likeness (QED) is 0.855. The molecule has 1 aromatic rings. The standard InChI is InChI=1S/C15H26N4/c1-4-6-13-14(16-8-5-2)17-11-18-15(13)19-9-7-12(3)10-19/h11-12H,4-10H2,1-3H3,(H,16,17,18). The first-order chi connectivity index (χ1) is 9.26. The Bertz CT molecular complexity index is 405. The summed E-state index contributed by atoms with van der Waals surface area (Å²) < 4.78 is 0. The van der Waals surface area contributed by atoms with Crippen molar-refractivity contribution < 1.29 is 0 Å². The van der Waals surface area contributed by atoms with Crippen molar-refractivity contribution in [2.24, 2.45) is 5.92 Å². The molecule has 4 nitrogen and oxygen atoms in total. The van der Waals surface area contributed by atoms with E-state index in [0.29, 0.717) is 0 Å². The number of nitrogens with zero attached hydrogens (tertiary/aromatic N) is 3. The summed E-state index contributed by atoms with van der Waals surface area (Å²) in [5.41, 5.74) is 1.30. The lowest BCUT2D eigenvalue weighted by Gasteiger charge is -2.22. The molecule has 0 aliphatic carbocycles. The van der Waals surface area contributed by atoms with Gasteiger partial charge in [-0.05, 0) is 25.2 Å². The largest absolute Gasteiger partial charge is 0.370 e. The van der Waals surface area contributed by atoms with Gasteiger partial charge < -0.3 is 10.2 Å². The zero-order chi connectivity index (χ0) is 13.7. The molecule has 2 heterocycles. The summed E-state index contributed by atoms with van der Waals surface area (Å²) in [5.74, 6) is 2.96. The molecule has 4 heteroatoms. The van der Waals surface area contributed by atoms with Gasteiger partial charge in [0.25, 0.3) is 0 Å². The fraction of sp³-hybridized carbons (Fsp3) is 0.733. The Kier molecular flexibility index (Phi) is 5.00. The van der Waals surface area contributed by atoms with Crippen molar-refractivity contribution in [3.05, 3.63) is 11.9 Å². The van der Waals surface area contributed by atoms with Crippen LogP contribution in [0, 0.1) is 5.92 Å². The maximum Gasteiger partial charge on any atom is 0.137 e. The highest BCUT2D eigenvalue weighted by Crippen LogP contribution is 2.29. The molecule has 0 aromatic carbocycles. The molecule has 19 heavy (non-hydrogen) atoms. The second kappa shape index (κ2) is 6.73. The third-order valence-electron chi connectivity index (χ3n) is 3.69. The molecule has 1 atom stereocenters. The number of aromatic nitrogens is 2. The molecule has 1 aromatic heterocycles. The van der Waals surface area contributed by atoms with Crippen LogP contribution < -0.4 is 10.2 Å². The molecular formula is C15H26N4. The van der Waals surface area contributed by atoms with Crippen molar-refractivity contribution in [2.45, 2.75) is 46.5 Å². The second-order valence-corrected chi connectivity index (χ2v) is 5.54. The van der Waals surface area contributed by atoms with E-state index in [1.165, 1.54) is 12.0 Å². The normalized spacial score (nSPS) is 18.9. The molecule has 0 radical (unpaired) electrons. The van der Waals surface area contributed by atoms with Crippen molar-refractivity contribution in [2.75, 3.05) is 29.9 Å². The highest BCUT2D eigenvalue weighted by molar-refractivity contribution is 5.59. The highest BCUT2D eigenvalue weighted by atomic mass is 15.2. The van der Waals surface area contributed by atoms with Crippen LogP contribution in [0.3, 0.4) is 0 Å². The van der Waals surface area contributed by atoms with Crippen molar-refractivity contribution in [1.29, 1.82) is 0 Å². The van der Waals surface area contributed by atoms with E-state index >= 15 is 0 Å². The van der Waals surface area contributed by atoms with E-state index in [0.717, 1.165) is 56.5 Å². The smallest absolute Gasteiger partial charge is 0.137 e. The second-order valence-electron chi connectivity index (χ2n) is 5.54. The summed E-state index contributed by atoms with van der Waals surface area (Å²) in [6.07, 6.45) is 6.27. The molecule has 1 saturated heterocycles. The summed E-state index contributed by atoms with van der Waals surface area (Å²) in [5, 5.41) is 3.45. The fourth-order valence-corrected chi connectivity index (χ4v) is 2.68. The van der Waals surface area contributed by atoms with Gasteiger partial charge in [-0.1, -0.05) is 27.2 Å². The molecule has 0 saturated carbocycles. The van der Waals surface area contributed by atoms with Crippen LogP contribution in [-0.4, -0.2) is 29.6 Å². The van der Waals surface area contributed by atoms with Crippen LogP contribution in [0.2, 0.25) is 0 Å². The molecule has 1 aliphatic heterocycles. The Morgan fingerprint density at radius 2 is 2.16 bits per heavy atom. The van der Waals surface area contributed by atoms with Gasteiger partial charge >= 0.3 is 0 Å². The van der Waals surface area contributed by atoms with Crippen molar-refractivity contribution in [3.8, 4) is 0 Å². The minimum atomic E-state index is 0.775. The Balaban J connectivity index is 2.25. The summed E-state index contributed by atoms with van der Waals surface area (Å²) >= 11 is 0. The van der Waals surface area contributed by atoms with Crippen LogP contribution in [0.15, 0.2) is 6.33 Å². The number of anilines is 2. The number of nitrogens with one attached hydrogen (secondary N) is 1. The molecule has 1 unspecified atom stereocenters. The lowest BCUT2D eigenvalue weighted by atomic mass is 10.1. The molecule has 1 aliphatic rings. The van der Waals surface area contributed by atoms with Crippen LogP contribution in [0.5, 0.6) is 0 Å². The lowest BCUT2D eigenvalue weighted by molar-refractivity contribution is 0.658. The minimum Gasteiger partial charge on any atom is -0.370 e.